The van der Waals surface area contributed by atoms with E-state index >= 15 is 0 Å². The van der Waals surface area contributed by atoms with Crippen LogP contribution in [0.1, 0.15) is 101 Å². The van der Waals surface area contributed by atoms with E-state index in [-0.39, 0.29) is 18.2 Å². The van der Waals surface area contributed by atoms with Crippen molar-refractivity contribution in [1.29, 1.82) is 0 Å². The summed E-state index contributed by atoms with van der Waals surface area (Å²) in [4.78, 5) is 36.5. The Kier molecular flexibility index (Phi) is 14.5. The van der Waals surface area contributed by atoms with E-state index in [2.05, 4.69) is 27.0 Å². The van der Waals surface area contributed by atoms with Crippen LogP contribution in [0.3, 0.4) is 0 Å². The van der Waals surface area contributed by atoms with Crippen molar-refractivity contribution in [2.45, 2.75) is 109 Å². The van der Waals surface area contributed by atoms with Gasteiger partial charge >= 0.3 is 17.9 Å². The summed E-state index contributed by atoms with van der Waals surface area (Å²) in [7, 11) is 0. The average molecular weight is 607 g/mol. The zero-order valence-corrected chi connectivity index (χ0v) is 26.1. The highest BCUT2D eigenvalue weighted by molar-refractivity contribution is 5.91. The third kappa shape index (κ3) is 11.5. The zero-order valence-electron chi connectivity index (χ0n) is 26.1. The van der Waals surface area contributed by atoms with Crippen molar-refractivity contribution in [3.05, 3.63) is 78.9 Å². The summed E-state index contributed by atoms with van der Waals surface area (Å²) in [5.41, 5.74) is 0.820. The lowest BCUT2D eigenvalue weighted by molar-refractivity contribution is -0.158. The molecule has 1 aliphatic rings. The second-order valence-electron chi connectivity index (χ2n) is 11.0. The van der Waals surface area contributed by atoms with Crippen LogP contribution in [0.4, 0.5) is 0 Å². The molecular weight excluding hydrogens is 560 g/mol. The molecule has 0 amide bonds. The summed E-state index contributed by atoms with van der Waals surface area (Å²) >= 11 is 0. The number of unbranched alkanes of at least 4 members (excludes halogenated alkanes) is 7. The number of cyclic esters (lactones) is 1. The number of esters is 3. The van der Waals surface area contributed by atoms with Gasteiger partial charge in [-0.05, 0) is 67.8 Å². The first kappa shape index (κ1) is 34.4. The molecule has 0 aromatic heterocycles. The summed E-state index contributed by atoms with van der Waals surface area (Å²) in [6.45, 7) is 11.6. The minimum absolute atomic E-state index is 0.297. The lowest BCUT2D eigenvalue weighted by atomic mass is 10.0. The van der Waals surface area contributed by atoms with E-state index in [0.29, 0.717) is 41.2 Å². The van der Waals surface area contributed by atoms with E-state index in [1.165, 1.54) is 6.42 Å². The molecule has 1 fully saturated rings. The molecule has 8 nitrogen and oxygen atoms in total. The van der Waals surface area contributed by atoms with Crippen molar-refractivity contribution in [2.24, 2.45) is 0 Å². The van der Waals surface area contributed by atoms with Crippen molar-refractivity contribution < 1.29 is 38.1 Å². The van der Waals surface area contributed by atoms with Crippen LogP contribution in [0.5, 0.6) is 17.2 Å². The Bertz CT molecular complexity index is 1200. The van der Waals surface area contributed by atoms with Crippen LogP contribution >= 0.6 is 0 Å². The molecule has 0 saturated carbocycles. The van der Waals surface area contributed by atoms with Gasteiger partial charge in [-0.25, -0.2) is 14.4 Å². The molecule has 44 heavy (non-hydrogen) atoms. The summed E-state index contributed by atoms with van der Waals surface area (Å²) in [5.74, 6) is -0.0225. The van der Waals surface area contributed by atoms with Gasteiger partial charge in [0.15, 0.2) is 0 Å². The molecule has 3 unspecified atom stereocenters. The lowest BCUT2D eigenvalue weighted by Crippen LogP contribution is -2.31. The molecular formula is C36H46O8. The molecule has 238 valence electrons. The molecule has 3 atom stereocenters. The predicted octanol–water partition coefficient (Wildman–Crippen LogP) is 8.29. The highest BCUT2D eigenvalue weighted by atomic mass is 16.7. The van der Waals surface area contributed by atoms with Crippen LogP contribution in [0.15, 0.2) is 73.3 Å². The standard InChI is InChI=1S/C36H46O8/c1-5-8-10-12-14-16-34(44-33(37)7-3)41-29-21-23-30(24-22-29)42-36(39)27-17-19-28(20-18-27)40-31(15-13-11-9-6-2)32-25-26(4)35(38)43-32/h7,17-24,31-32,34H,3-6,8-16,25H2,1-2H3. The summed E-state index contributed by atoms with van der Waals surface area (Å²) in [5, 5.41) is 0. The van der Waals surface area contributed by atoms with Gasteiger partial charge in [0.25, 0.3) is 0 Å². The Morgan fingerprint density at radius 2 is 1.41 bits per heavy atom. The van der Waals surface area contributed by atoms with Gasteiger partial charge in [0.05, 0.1) is 5.56 Å². The maximum Gasteiger partial charge on any atom is 0.343 e. The Labute approximate surface area is 261 Å². The Morgan fingerprint density at radius 1 is 0.841 bits per heavy atom. The van der Waals surface area contributed by atoms with Crippen LogP contribution in [0.25, 0.3) is 0 Å². The van der Waals surface area contributed by atoms with Crippen LogP contribution < -0.4 is 14.2 Å². The smallest absolute Gasteiger partial charge is 0.343 e. The summed E-state index contributed by atoms with van der Waals surface area (Å²) in [6, 6.07) is 13.3. The largest absolute Gasteiger partial charge is 0.487 e. The number of carbonyl (C=O) groups excluding carboxylic acids is 3. The van der Waals surface area contributed by atoms with E-state index in [1.807, 2.05) is 0 Å². The van der Waals surface area contributed by atoms with Gasteiger partial charge in [-0.3, -0.25) is 0 Å². The molecule has 0 bridgehead atoms. The number of ether oxygens (including phenoxy) is 5. The van der Waals surface area contributed by atoms with Crippen molar-refractivity contribution >= 4 is 17.9 Å². The van der Waals surface area contributed by atoms with Gasteiger partial charge in [0.2, 0.25) is 6.29 Å². The van der Waals surface area contributed by atoms with Crippen LogP contribution in [-0.2, 0) is 19.1 Å². The minimum Gasteiger partial charge on any atom is -0.487 e. The van der Waals surface area contributed by atoms with Gasteiger partial charge in [0.1, 0.15) is 29.5 Å². The number of benzene rings is 2. The van der Waals surface area contributed by atoms with Gasteiger partial charge in [-0.2, -0.15) is 0 Å². The van der Waals surface area contributed by atoms with Crippen LogP contribution in [0, 0.1) is 0 Å². The molecule has 1 aliphatic heterocycles. The van der Waals surface area contributed by atoms with Crippen molar-refractivity contribution in [3.8, 4) is 17.2 Å². The third-order valence-electron chi connectivity index (χ3n) is 7.39. The Morgan fingerprint density at radius 3 is 2.02 bits per heavy atom. The third-order valence-corrected chi connectivity index (χ3v) is 7.39. The molecule has 1 saturated heterocycles. The predicted molar refractivity (Wildman–Crippen MR) is 169 cm³/mol. The fourth-order valence-electron chi connectivity index (χ4n) is 4.87. The van der Waals surface area contributed by atoms with Gasteiger partial charge in [0, 0.05) is 24.5 Å². The maximum atomic E-state index is 12.8. The fraction of sp³-hybridized carbons (Fsp3) is 0.472. The van der Waals surface area contributed by atoms with Gasteiger partial charge in [-0.1, -0.05) is 72.0 Å². The van der Waals surface area contributed by atoms with E-state index in [9.17, 15) is 14.4 Å². The molecule has 3 rings (SSSR count). The van der Waals surface area contributed by atoms with Crippen molar-refractivity contribution in [2.75, 3.05) is 0 Å². The molecule has 8 heteroatoms. The van der Waals surface area contributed by atoms with Crippen molar-refractivity contribution in [1.82, 2.24) is 0 Å². The zero-order chi connectivity index (χ0) is 31.7. The average Bonchev–Trinajstić information content (AvgIpc) is 3.37. The lowest BCUT2D eigenvalue weighted by Gasteiger charge is -2.24. The van der Waals surface area contributed by atoms with E-state index in [4.69, 9.17) is 23.7 Å². The minimum atomic E-state index is -0.730. The van der Waals surface area contributed by atoms with Crippen LogP contribution in [0.2, 0.25) is 0 Å². The molecule has 0 spiro atoms. The summed E-state index contributed by atoms with van der Waals surface area (Å²) < 4.78 is 28.5. The highest BCUT2D eigenvalue weighted by Gasteiger charge is 2.35. The quantitative estimate of drug-likeness (QED) is 0.0488. The molecule has 0 aliphatic carbocycles. The first-order valence-corrected chi connectivity index (χ1v) is 15.8. The monoisotopic (exact) mass is 606 g/mol. The second-order valence-corrected chi connectivity index (χ2v) is 11.0. The Balaban J connectivity index is 1.55. The topological polar surface area (TPSA) is 97.4 Å². The summed E-state index contributed by atoms with van der Waals surface area (Å²) in [6.07, 6.45) is 11.2. The molecule has 0 radical (unpaired) electrons. The fourth-order valence-corrected chi connectivity index (χ4v) is 4.87. The Hall–Kier alpha value is -4.07. The van der Waals surface area contributed by atoms with E-state index < -0.39 is 18.2 Å². The SMILES string of the molecule is C=CC(=O)OC(CCCCCCC)Oc1ccc(OC(=O)c2ccc(OC(CCCCCC)C3CC(=C)C(=O)O3)cc2)cc1. The number of hydrogen-bond acceptors (Lipinski definition) is 8. The van der Waals surface area contributed by atoms with E-state index in [1.54, 1.807) is 48.5 Å². The first-order chi connectivity index (χ1) is 21.3. The van der Waals surface area contributed by atoms with Gasteiger partial charge < -0.3 is 23.7 Å². The number of rotatable bonds is 20. The molecule has 2 aromatic rings. The highest BCUT2D eigenvalue weighted by Crippen LogP contribution is 2.28. The second kappa shape index (κ2) is 18.6. The number of carbonyl (C=O) groups is 3. The normalized spacial score (nSPS) is 15.6. The van der Waals surface area contributed by atoms with Crippen LogP contribution in [-0.4, -0.2) is 36.4 Å². The molecule has 1 heterocycles. The maximum absolute atomic E-state index is 12.8. The van der Waals surface area contributed by atoms with Gasteiger partial charge in [-0.15, -0.1) is 0 Å². The molecule has 2 aromatic carbocycles. The van der Waals surface area contributed by atoms with Crippen molar-refractivity contribution in [3.63, 3.8) is 0 Å². The first-order valence-electron chi connectivity index (χ1n) is 15.8. The molecule has 0 N–H and O–H groups in total. The van der Waals surface area contributed by atoms with E-state index in [0.717, 1.165) is 63.9 Å². The number of hydrogen-bond donors (Lipinski definition) is 0.